The van der Waals surface area contributed by atoms with Crippen LogP contribution in [0.3, 0.4) is 0 Å². The SMILES string of the molecule is CC(=O)N1CCc2cc(S(=O)(=O)NCc3cccc(F)c3)ccc21. The third kappa shape index (κ3) is 3.32. The van der Waals surface area contributed by atoms with Gasteiger partial charge in [0.1, 0.15) is 5.82 Å². The van der Waals surface area contributed by atoms with E-state index in [-0.39, 0.29) is 17.3 Å². The van der Waals surface area contributed by atoms with Crippen molar-refractivity contribution >= 4 is 21.6 Å². The van der Waals surface area contributed by atoms with Crippen LogP contribution in [0.5, 0.6) is 0 Å². The van der Waals surface area contributed by atoms with Gasteiger partial charge in [-0.05, 0) is 47.9 Å². The van der Waals surface area contributed by atoms with Crippen molar-refractivity contribution in [2.75, 3.05) is 11.4 Å². The smallest absolute Gasteiger partial charge is 0.240 e. The van der Waals surface area contributed by atoms with Crippen LogP contribution < -0.4 is 9.62 Å². The molecule has 0 atom stereocenters. The van der Waals surface area contributed by atoms with Crippen LogP contribution in [-0.2, 0) is 27.8 Å². The van der Waals surface area contributed by atoms with Crippen molar-refractivity contribution in [2.24, 2.45) is 0 Å². The number of nitrogens with one attached hydrogen (secondary N) is 1. The average molecular weight is 348 g/mol. The van der Waals surface area contributed by atoms with Crippen molar-refractivity contribution in [3.8, 4) is 0 Å². The van der Waals surface area contributed by atoms with E-state index in [0.717, 1.165) is 11.3 Å². The number of carbonyl (C=O) groups is 1. The summed E-state index contributed by atoms with van der Waals surface area (Å²) in [6.07, 6.45) is 0.627. The Morgan fingerprint density at radius 1 is 1.25 bits per heavy atom. The second-order valence-electron chi connectivity index (χ2n) is 5.67. The Balaban J connectivity index is 1.79. The maximum atomic E-state index is 13.2. The summed E-state index contributed by atoms with van der Waals surface area (Å²) in [4.78, 5) is 13.3. The molecule has 2 aromatic rings. The number of carbonyl (C=O) groups excluding carboxylic acids is 1. The number of halogens is 1. The van der Waals surface area contributed by atoms with Crippen LogP contribution in [0, 0.1) is 5.82 Å². The van der Waals surface area contributed by atoms with E-state index in [4.69, 9.17) is 0 Å². The van der Waals surface area contributed by atoms with Crippen molar-refractivity contribution < 1.29 is 17.6 Å². The van der Waals surface area contributed by atoms with Gasteiger partial charge in [-0.25, -0.2) is 17.5 Å². The first-order valence-corrected chi connectivity index (χ1v) is 9.00. The van der Waals surface area contributed by atoms with Crippen molar-refractivity contribution in [1.82, 2.24) is 4.72 Å². The van der Waals surface area contributed by atoms with Crippen molar-refractivity contribution in [3.05, 3.63) is 59.4 Å². The summed E-state index contributed by atoms with van der Waals surface area (Å²) in [6, 6.07) is 10.5. The van der Waals surface area contributed by atoms with E-state index in [2.05, 4.69) is 4.72 Å². The fourth-order valence-corrected chi connectivity index (χ4v) is 3.85. The maximum absolute atomic E-state index is 13.2. The minimum Gasteiger partial charge on any atom is -0.312 e. The largest absolute Gasteiger partial charge is 0.312 e. The van der Waals surface area contributed by atoms with Gasteiger partial charge < -0.3 is 4.90 Å². The van der Waals surface area contributed by atoms with Crippen LogP contribution in [-0.4, -0.2) is 20.9 Å². The molecule has 0 unspecified atom stereocenters. The lowest BCUT2D eigenvalue weighted by atomic mass is 10.2. The highest BCUT2D eigenvalue weighted by Crippen LogP contribution is 2.30. The zero-order chi connectivity index (χ0) is 17.3. The first-order valence-electron chi connectivity index (χ1n) is 7.52. The number of sulfonamides is 1. The van der Waals surface area contributed by atoms with E-state index in [1.54, 1.807) is 23.1 Å². The Labute approximate surface area is 140 Å². The molecule has 2 aromatic carbocycles. The Morgan fingerprint density at radius 2 is 2.04 bits per heavy atom. The number of nitrogens with zero attached hydrogens (tertiary/aromatic N) is 1. The summed E-state index contributed by atoms with van der Waals surface area (Å²) in [5.41, 5.74) is 2.13. The van der Waals surface area contributed by atoms with Crippen molar-refractivity contribution in [3.63, 3.8) is 0 Å². The van der Waals surface area contributed by atoms with E-state index in [1.165, 1.54) is 31.2 Å². The molecule has 0 aliphatic carbocycles. The summed E-state index contributed by atoms with van der Waals surface area (Å²) >= 11 is 0. The van der Waals surface area contributed by atoms with Gasteiger partial charge >= 0.3 is 0 Å². The highest BCUT2D eigenvalue weighted by atomic mass is 32.2. The normalized spacial score (nSPS) is 13.8. The van der Waals surface area contributed by atoms with E-state index in [9.17, 15) is 17.6 Å². The summed E-state index contributed by atoms with van der Waals surface area (Å²) in [7, 11) is -3.71. The number of benzene rings is 2. The molecule has 7 heteroatoms. The highest BCUT2D eigenvalue weighted by molar-refractivity contribution is 7.89. The topological polar surface area (TPSA) is 66.5 Å². The second-order valence-corrected chi connectivity index (χ2v) is 7.43. The monoisotopic (exact) mass is 348 g/mol. The molecular weight excluding hydrogens is 331 g/mol. The third-order valence-corrected chi connectivity index (χ3v) is 5.39. The van der Waals surface area contributed by atoms with E-state index in [1.807, 2.05) is 0 Å². The molecule has 0 radical (unpaired) electrons. The Bertz CT molecular complexity index is 896. The summed E-state index contributed by atoms with van der Waals surface area (Å²) in [5, 5.41) is 0. The molecule has 0 fully saturated rings. The zero-order valence-electron chi connectivity index (χ0n) is 13.1. The molecule has 0 bridgehead atoms. The quantitative estimate of drug-likeness (QED) is 0.921. The lowest BCUT2D eigenvalue weighted by molar-refractivity contribution is -0.116. The minimum absolute atomic E-state index is 0.0107. The number of fused-ring (bicyclic) bond motifs is 1. The molecule has 3 rings (SSSR count). The van der Waals surface area contributed by atoms with Crippen LogP contribution in [0.2, 0.25) is 0 Å². The lowest BCUT2D eigenvalue weighted by Crippen LogP contribution is -2.26. The van der Waals surface area contributed by atoms with E-state index >= 15 is 0 Å². The fraction of sp³-hybridized carbons (Fsp3) is 0.235. The maximum Gasteiger partial charge on any atom is 0.240 e. The molecule has 24 heavy (non-hydrogen) atoms. The van der Waals surface area contributed by atoms with Crippen molar-refractivity contribution in [2.45, 2.75) is 24.8 Å². The number of hydrogen-bond donors (Lipinski definition) is 1. The minimum atomic E-state index is -3.71. The molecule has 0 saturated carbocycles. The first-order chi connectivity index (χ1) is 11.4. The Kier molecular flexibility index (Phi) is 4.38. The molecule has 126 valence electrons. The Hall–Kier alpha value is -2.25. The second kappa shape index (κ2) is 6.33. The van der Waals surface area contributed by atoms with Gasteiger partial charge in [-0.15, -0.1) is 0 Å². The van der Waals surface area contributed by atoms with Crippen LogP contribution in [0.25, 0.3) is 0 Å². The average Bonchev–Trinajstić information content (AvgIpc) is 2.96. The predicted molar refractivity (Wildman–Crippen MR) is 88.6 cm³/mol. The number of anilines is 1. The predicted octanol–water partition coefficient (Wildman–Crippen LogP) is 2.21. The number of hydrogen-bond acceptors (Lipinski definition) is 3. The highest BCUT2D eigenvalue weighted by Gasteiger charge is 2.24. The first kappa shape index (κ1) is 16.6. The van der Waals surface area contributed by atoms with Crippen LogP contribution in [0.1, 0.15) is 18.1 Å². The van der Waals surface area contributed by atoms with Gasteiger partial charge in [0.25, 0.3) is 0 Å². The fourth-order valence-electron chi connectivity index (χ4n) is 2.78. The van der Waals surface area contributed by atoms with Gasteiger partial charge in [-0.3, -0.25) is 4.79 Å². The van der Waals surface area contributed by atoms with Gasteiger partial charge in [0.05, 0.1) is 4.90 Å². The molecule has 0 spiro atoms. The van der Waals surface area contributed by atoms with Crippen LogP contribution in [0.15, 0.2) is 47.4 Å². The summed E-state index contributed by atoms with van der Waals surface area (Å²) in [6.45, 7) is 2.06. The molecule has 1 aliphatic heterocycles. The van der Waals surface area contributed by atoms with Crippen LogP contribution in [0.4, 0.5) is 10.1 Å². The molecular formula is C17H17FN2O3S. The van der Waals surface area contributed by atoms with E-state index in [0.29, 0.717) is 18.5 Å². The Morgan fingerprint density at radius 3 is 2.75 bits per heavy atom. The van der Waals surface area contributed by atoms with Crippen LogP contribution >= 0.6 is 0 Å². The summed E-state index contributed by atoms with van der Waals surface area (Å²) in [5.74, 6) is -0.470. The van der Waals surface area contributed by atoms with Gasteiger partial charge in [0, 0.05) is 25.7 Å². The molecule has 1 heterocycles. The van der Waals surface area contributed by atoms with E-state index < -0.39 is 15.8 Å². The van der Waals surface area contributed by atoms with Crippen molar-refractivity contribution in [1.29, 1.82) is 0 Å². The number of rotatable bonds is 4. The van der Waals surface area contributed by atoms with Gasteiger partial charge in [-0.1, -0.05) is 12.1 Å². The van der Waals surface area contributed by atoms with Gasteiger partial charge in [-0.2, -0.15) is 0 Å². The molecule has 5 nitrogen and oxygen atoms in total. The third-order valence-electron chi connectivity index (χ3n) is 3.99. The zero-order valence-corrected chi connectivity index (χ0v) is 13.9. The molecule has 1 amide bonds. The summed E-state index contributed by atoms with van der Waals surface area (Å²) < 4.78 is 40.5. The van der Waals surface area contributed by atoms with Gasteiger partial charge in [0.15, 0.2) is 0 Å². The molecule has 0 aromatic heterocycles. The van der Waals surface area contributed by atoms with Gasteiger partial charge in [0.2, 0.25) is 15.9 Å². The molecule has 1 N–H and O–H groups in total. The molecule has 1 aliphatic rings. The number of amides is 1. The standard InChI is InChI=1S/C17H17FN2O3S/c1-12(21)20-8-7-14-10-16(5-6-17(14)20)24(22,23)19-11-13-3-2-4-15(18)9-13/h2-6,9-10,19H,7-8,11H2,1H3. The lowest BCUT2D eigenvalue weighted by Gasteiger charge is -2.15. The molecule has 0 saturated heterocycles.